The lowest BCUT2D eigenvalue weighted by atomic mass is 9.67. The smallest absolute Gasteiger partial charge is 0.191 e. The highest BCUT2D eigenvalue weighted by atomic mass is 127. The summed E-state index contributed by atoms with van der Waals surface area (Å²) in [5.41, 5.74) is 1.42. The van der Waals surface area contributed by atoms with Gasteiger partial charge in [0.1, 0.15) is 0 Å². The first-order chi connectivity index (χ1) is 12.6. The predicted octanol–water partition coefficient (Wildman–Crippen LogP) is 3.96. The first-order valence-electron chi connectivity index (χ1n) is 8.91. The van der Waals surface area contributed by atoms with Gasteiger partial charge in [0.15, 0.2) is 17.5 Å². The van der Waals surface area contributed by atoms with Crippen molar-refractivity contribution in [3.05, 3.63) is 22.2 Å². The summed E-state index contributed by atoms with van der Waals surface area (Å²) in [4.78, 5) is 4.34. The van der Waals surface area contributed by atoms with E-state index in [1.54, 1.807) is 28.4 Å². The molecule has 0 aromatic heterocycles. The van der Waals surface area contributed by atoms with Crippen LogP contribution in [0.2, 0.25) is 0 Å². The maximum atomic E-state index is 5.39. The number of halogens is 2. The minimum absolute atomic E-state index is 0. The van der Waals surface area contributed by atoms with E-state index < -0.39 is 0 Å². The van der Waals surface area contributed by atoms with Crippen LogP contribution in [0.15, 0.2) is 21.6 Å². The third-order valence-electron chi connectivity index (χ3n) is 5.10. The van der Waals surface area contributed by atoms with Crippen LogP contribution in [0.3, 0.4) is 0 Å². The van der Waals surface area contributed by atoms with Gasteiger partial charge in [-0.25, -0.2) is 0 Å². The van der Waals surface area contributed by atoms with E-state index >= 15 is 0 Å². The average molecular weight is 556 g/mol. The molecule has 154 valence electrons. The SMILES string of the molecule is CN=C(NCc1cc(OC)c(OC)cc1Br)NCC1(CCOC)CCC1.I. The van der Waals surface area contributed by atoms with Gasteiger partial charge >= 0.3 is 0 Å². The third kappa shape index (κ3) is 6.67. The molecule has 2 rings (SSSR count). The number of nitrogens with one attached hydrogen (secondary N) is 2. The number of hydrogen-bond acceptors (Lipinski definition) is 4. The standard InChI is InChI=1S/C19H30BrN3O3.HI/c1-21-18(23-13-19(6-5-7-19)8-9-24-2)22-12-14-10-16(25-3)17(26-4)11-15(14)20;/h10-11H,5-9,12-13H2,1-4H3,(H2,21,22,23);1H. The number of nitrogens with zero attached hydrogens (tertiary/aromatic N) is 1. The van der Waals surface area contributed by atoms with Gasteiger partial charge in [0.05, 0.1) is 14.2 Å². The Balaban J connectivity index is 0.00000364. The van der Waals surface area contributed by atoms with Crippen LogP contribution in [-0.2, 0) is 11.3 Å². The highest BCUT2D eigenvalue weighted by Gasteiger charge is 2.36. The lowest BCUT2D eigenvalue weighted by Gasteiger charge is -2.42. The van der Waals surface area contributed by atoms with Gasteiger partial charge in [-0.3, -0.25) is 4.99 Å². The van der Waals surface area contributed by atoms with E-state index in [9.17, 15) is 0 Å². The maximum Gasteiger partial charge on any atom is 0.191 e. The molecule has 1 fully saturated rings. The Morgan fingerprint density at radius 2 is 1.81 bits per heavy atom. The van der Waals surface area contributed by atoms with E-state index in [1.165, 1.54) is 19.3 Å². The first kappa shape index (κ1) is 24.3. The summed E-state index contributed by atoms with van der Waals surface area (Å²) in [6.07, 6.45) is 4.90. The molecule has 2 N–H and O–H groups in total. The molecule has 0 radical (unpaired) electrons. The lowest BCUT2D eigenvalue weighted by Crippen LogP contribution is -2.46. The number of rotatable bonds is 9. The Morgan fingerprint density at radius 3 is 2.33 bits per heavy atom. The van der Waals surface area contributed by atoms with Gasteiger partial charge in [-0.05, 0) is 42.4 Å². The number of aliphatic imine (C=N–C) groups is 1. The molecular weight excluding hydrogens is 525 g/mol. The molecule has 1 aliphatic carbocycles. The Bertz CT molecular complexity index is 624. The molecular formula is C19H31BrIN3O3. The van der Waals surface area contributed by atoms with Gasteiger partial charge in [-0.15, -0.1) is 24.0 Å². The fraction of sp³-hybridized carbons (Fsp3) is 0.632. The summed E-state index contributed by atoms with van der Waals surface area (Å²) in [5.74, 6) is 2.22. The number of methoxy groups -OCH3 is 3. The van der Waals surface area contributed by atoms with Gasteiger partial charge in [0.2, 0.25) is 0 Å². The molecule has 0 heterocycles. The predicted molar refractivity (Wildman–Crippen MR) is 124 cm³/mol. The van der Waals surface area contributed by atoms with Gasteiger partial charge in [0, 0.05) is 38.3 Å². The molecule has 0 saturated heterocycles. The van der Waals surface area contributed by atoms with Crippen molar-refractivity contribution < 1.29 is 14.2 Å². The van der Waals surface area contributed by atoms with Crippen LogP contribution in [0.1, 0.15) is 31.2 Å². The first-order valence-corrected chi connectivity index (χ1v) is 9.70. The van der Waals surface area contributed by atoms with Gasteiger partial charge < -0.3 is 24.8 Å². The van der Waals surface area contributed by atoms with Crippen molar-refractivity contribution in [2.75, 3.05) is 41.5 Å². The van der Waals surface area contributed by atoms with E-state index in [1.807, 2.05) is 12.1 Å². The quantitative estimate of drug-likeness (QED) is 0.274. The molecule has 1 saturated carbocycles. The number of guanidine groups is 1. The zero-order valence-corrected chi connectivity index (χ0v) is 20.5. The Labute approximate surface area is 188 Å². The van der Waals surface area contributed by atoms with Crippen molar-refractivity contribution >= 4 is 45.9 Å². The van der Waals surface area contributed by atoms with E-state index in [0.717, 1.165) is 35.6 Å². The molecule has 27 heavy (non-hydrogen) atoms. The van der Waals surface area contributed by atoms with Crippen molar-refractivity contribution in [1.82, 2.24) is 10.6 Å². The maximum absolute atomic E-state index is 5.39. The molecule has 0 atom stereocenters. The number of benzene rings is 1. The van der Waals surface area contributed by atoms with Crippen molar-refractivity contribution in [2.45, 2.75) is 32.2 Å². The summed E-state index contributed by atoms with van der Waals surface area (Å²) >= 11 is 3.59. The van der Waals surface area contributed by atoms with Crippen LogP contribution in [0.5, 0.6) is 11.5 Å². The molecule has 0 spiro atoms. The van der Waals surface area contributed by atoms with Gasteiger partial charge in [-0.1, -0.05) is 22.4 Å². The van der Waals surface area contributed by atoms with E-state index in [4.69, 9.17) is 14.2 Å². The second kappa shape index (κ2) is 12.0. The van der Waals surface area contributed by atoms with Crippen LogP contribution >= 0.6 is 39.9 Å². The van der Waals surface area contributed by atoms with E-state index in [-0.39, 0.29) is 24.0 Å². The summed E-state index contributed by atoms with van der Waals surface area (Å²) in [6, 6.07) is 3.88. The second-order valence-electron chi connectivity index (χ2n) is 6.67. The number of ether oxygens (including phenoxy) is 3. The van der Waals surface area contributed by atoms with Crippen molar-refractivity contribution in [3.8, 4) is 11.5 Å². The molecule has 1 aliphatic rings. The zero-order valence-electron chi connectivity index (χ0n) is 16.6. The molecule has 1 aromatic rings. The molecule has 0 aliphatic heterocycles. The van der Waals surface area contributed by atoms with E-state index in [2.05, 4.69) is 31.6 Å². The van der Waals surface area contributed by atoms with Crippen LogP contribution in [-0.4, -0.2) is 47.5 Å². The van der Waals surface area contributed by atoms with Crippen LogP contribution in [0, 0.1) is 5.41 Å². The fourth-order valence-electron chi connectivity index (χ4n) is 3.21. The zero-order chi connectivity index (χ0) is 19.0. The minimum Gasteiger partial charge on any atom is -0.493 e. The summed E-state index contributed by atoms with van der Waals surface area (Å²) < 4.78 is 16.9. The number of hydrogen-bond donors (Lipinski definition) is 2. The fourth-order valence-corrected chi connectivity index (χ4v) is 3.68. The average Bonchev–Trinajstić information content (AvgIpc) is 2.63. The lowest BCUT2D eigenvalue weighted by molar-refractivity contribution is 0.0732. The normalized spacial score (nSPS) is 15.4. The topological polar surface area (TPSA) is 64.1 Å². The molecule has 8 heteroatoms. The molecule has 0 unspecified atom stereocenters. The largest absolute Gasteiger partial charge is 0.493 e. The molecule has 6 nitrogen and oxygen atoms in total. The van der Waals surface area contributed by atoms with Gasteiger partial charge in [0.25, 0.3) is 0 Å². The van der Waals surface area contributed by atoms with Crippen LogP contribution in [0.25, 0.3) is 0 Å². The van der Waals surface area contributed by atoms with E-state index in [0.29, 0.717) is 23.5 Å². The summed E-state index contributed by atoms with van der Waals surface area (Å²) in [6.45, 7) is 2.36. The highest BCUT2D eigenvalue weighted by molar-refractivity contribution is 14.0. The van der Waals surface area contributed by atoms with Crippen LogP contribution in [0.4, 0.5) is 0 Å². The Morgan fingerprint density at radius 1 is 1.15 bits per heavy atom. The second-order valence-corrected chi connectivity index (χ2v) is 7.53. The molecule has 0 amide bonds. The Kier molecular flexibility index (Phi) is 10.8. The minimum atomic E-state index is 0. The van der Waals surface area contributed by atoms with Gasteiger partial charge in [-0.2, -0.15) is 0 Å². The van der Waals surface area contributed by atoms with Crippen molar-refractivity contribution in [2.24, 2.45) is 10.4 Å². The van der Waals surface area contributed by atoms with Crippen LogP contribution < -0.4 is 20.1 Å². The summed E-state index contributed by atoms with van der Waals surface area (Å²) in [5, 5.41) is 6.85. The third-order valence-corrected chi connectivity index (χ3v) is 5.84. The monoisotopic (exact) mass is 555 g/mol. The van der Waals surface area contributed by atoms with Crippen molar-refractivity contribution in [1.29, 1.82) is 0 Å². The highest BCUT2D eigenvalue weighted by Crippen LogP contribution is 2.43. The summed E-state index contributed by atoms with van der Waals surface area (Å²) in [7, 11) is 6.83. The molecule has 1 aromatic carbocycles. The molecule has 0 bridgehead atoms. The van der Waals surface area contributed by atoms with Crippen molar-refractivity contribution in [3.63, 3.8) is 0 Å². The Hall–Kier alpha value is -0.740.